The van der Waals surface area contributed by atoms with E-state index in [1.165, 1.54) is 12.8 Å². The van der Waals surface area contributed by atoms with Gasteiger partial charge in [-0.1, -0.05) is 97.1 Å². The summed E-state index contributed by atoms with van der Waals surface area (Å²) in [5.74, 6) is 0.591. The molecule has 9 nitrogen and oxygen atoms in total. The van der Waals surface area contributed by atoms with Gasteiger partial charge in [0.05, 0.1) is 17.6 Å². The Hall–Kier alpha value is -2.59. The summed E-state index contributed by atoms with van der Waals surface area (Å²) in [6.45, 7) is 13.4. The summed E-state index contributed by atoms with van der Waals surface area (Å²) in [5, 5.41) is 6.27. The smallest absolute Gasteiger partial charge is 0.445 e. The van der Waals surface area contributed by atoms with Crippen LogP contribution in [0.4, 0.5) is 4.79 Å². The number of carbonyl (C=O) groups is 3. The Morgan fingerprint density at radius 2 is 1.81 bits per heavy atom. The largest absolute Gasteiger partial charge is 0.481 e. The van der Waals surface area contributed by atoms with Crippen LogP contribution in [0.1, 0.15) is 111 Å². The third-order valence-electron chi connectivity index (χ3n) is 12.9. The number of nitrogens with zero attached hydrogens (tertiary/aromatic N) is 1. The molecule has 3 amide bonds. The minimum atomic E-state index is -1.14. The highest BCUT2D eigenvalue weighted by Gasteiger charge is 2.68. The van der Waals surface area contributed by atoms with Gasteiger partial charge in [-0.05, 0) is 73.7 Å². The topological polar surface area (TPSA) is 106 Å². The van der Waals surface area contributed by atoms with Gasteiger partial charge in [-0.2, -0.15) is 0 Å². The van der Waals surface area contributed by atoms with Gasteiger partial charge in [0.2, 0.25) is 11.8 Å². The highest BCUT2D eigenvalue weighted by atomic mass is 16.7. The zero-order valence-electron chi connectivity index (χ0n) is 29.4. The molecule has 6 fully saturated rings. The van der Waals surface area contributed by atoms with Crippen LogP contribution in [0.25, 0.3) is 0 Å². The van der Waals surface area contributed by atoms with Gasteiger partial charge in [0, 0.05) is 6.54 Å². The maximum atomic E-state index is 14.4. The normalized spacial score (nSPS) is 32.8. The molecule has 258 valence electrons. The number of hydrogen-bond acceptors (Lipinski definition) is 6. The van der Waals surface area contributed by atoms with Crippen molar-refractivity contribution in [1.29, 1.82) is 0 Å². The predicted molar refractivity (Wildman–Crippen MR) is 181 cm³/mol. The molecular weight excluding hydrogens is 593 g/mol. The molecule has 47 heavy (non-hydrogen) atoms. The lowest BCUT2D eigenvalue weighted by Crippen LogP contribution is -2.65. The van der Waals surface area contributed by atoms with Crippen molar-refractivity contribution in [2.75, 3.05) is 6.54 Å². The molecule has 0 aromatic heterocycles. The van der Waals surface area contributed by atoms with Crippen LogP contribution in [-0.4, -0.2) is 65.7 Å². The third-order valence-corrected chi connectivity index (χ3v) is 12.9. The summed E-state index contributed by atoms with van der Waals surface area (Å²) >= 11 is 0. The first-order valence-corrected chi connectivity index (χ1v) is 18.3. The molecule has 1 aromatic rings. The Morgan fingerprint density at radius 1 is 1.09 bits per heavy atom. The molecule has 0 radical (unpaired) electrons. The van der Waals surface area contributed by atoms with Crippen LogP contribution in [-0.2, 0) is 30.2 Å². The molecule has 2 bridgehead atoms. The molecule has 2 heterocycles. The van der Waals surface area contributed by atoms with Crippen LogP contribution >= 0.6 is 0 Å². The van der Waals surface area contributed by atoms with Crippen molar-refractivity contribution in [1.82, 2.24) is 15.5 Å². The van der Waals surface area contributed by atoms with Gasteiger partial charge in [0.25, 0.3) is 0 Å². The van der Waals surface area contributed by atoms with E-state index in [1.807, 2.05) is 44.2 Å². The lowest BCUT2D eigenvalue weighted by molar-refractivity contribution is -0.199. The second-order valence-corrected chi connectivity index (χ2v) is 16.2. The predicted octanol–water partition coefficient (Wildman–Crippen LogP) is 6.04. The standard InChI is InChI=1S/C37H56BN3O6/c1-7-31(38-46-30-22-27-21-29(35(27,4)5)36(30,6)47-38)39-32(42)28(20-25-14-10-8-11-15-25)41-19-18-37(24(2)3,33(41)43)40-34(44)45-23-26-16-12-9-13-17-26/h9,12-13,16-17,24-25,27-31H,7-8,10-11,14-15,18-23H2,1-6H3,(H,39,42)(H,40,44)/t27-,28+,29-,30?,31+,36+,37?/m1/s1. The Labute approximate surface area is 281 Å². The zero-order chi connectivity index (χ0) is 33.6. The van der Waals surface area contributed by atoms with Crippen molar-refractivity contribution in [3.05, 3.63) is 35.9 Å². The minimum Gasteiger partial charge on any atom is -0.445 e. The van der Waals surface area contributed by atoms with E-state index in [1.54, 1.807) is 4.90 Å². The molecule has 10 heteroatoms. The van der Waals surface area contributed by atoms with E-state index < -0.39 is 24.8 Å². The molecule has 0 spiro atoms. The van der Waals surface area contributed by atoms with Crippen LogP contribution in [0.3, 0.4) is 0 Å². The highest BCUT2D eigenvalue weighted by molar-refractivity contribution is 6.47. The Balaban J connectivity index is 1.17. The van der Waals surface area contributed by atoms with Gasteiger partial charge < -0.3 is 29.6 Å². The number of benzene rings is 1. The van der Waals surface area contributed by atoms with Crippen LogP contribution in [0, 0.1) is 29.1 Å². The molecule has 6 aliphatic rings. The number of ether oxygens (including phenoxy) is 1. The van der Waals surface area contributed by atoms with E-state index in [2.05, 4.69) is 38.3 Å². The molecule has 2 N–H and O–H groups in total. The number of alkyl carbamates (subject to hydrolysis) is 1. The van der Waals surface area contributed by atoms with Crippen molar-refractivity contribution in [3.8, 4) is 0 Å². The summed E-state index contributed by atoms with van der Waals surface area (Å²) in [4.78, 5) is 43.6. The fourth-order valence-electron chi connectivity index (χ4n) is 9.62. The Morgan fingerprint density at radius 3 is 2.47 bits per heavy atom. The maximum Gasteiger partial charge on any atom is 0.481 e. The molecule has 2 aliphatic heterocycles. The van der Waals surface area contributed by atoms with E-state index in [-0.39, 0.29) is 47.4 Å². The third kappa shape index (κ3) is 6.34. The first-order valence-electron chi connectivity index (χ1n) is 18.3. The summed E-state index contributed by atoms with van der Waals surface area (Å²) < 4.78 is 18.9. The average molecular weight is 650 g/mol. The monoisotopic (exact) mass is 649 g/mol. The SMILES string of the molecule is CC[C@H](NC(=O)[C@H](CC1CCCCC1)N1CCC(NC(=O)OCc2ccccc2)(C(C)C)C1=O)B1OC2C[C@H]3C[C@H](C3(C)C)[C@]2(C)O1. The summed E-state index contributed by atoms with van der Waals surface area (Å²) in [6.07, 6.45) is 8.92. The maximum absolute atomic E-state index is 14.4. The van der Waals surface area contributed by atoms with E-state index in [0.29, 0.717) is 43.6 Å². The number of nitrogens with one attached hydrogen (secondary N) is 2. The van der Waals surface area contributed by atoms with E-state index in [4.69, 9.17) is 14.0 Å². The average Bonchev–Trinajstić information content (AvgIpc) is 3.59. The van der Waals surface area contributed by atoms with E-state index in [9.17, 15) is 14.4 Å². The first kappa shape index (κ1) is 34.3. The van der Waals surface area contributed by atoms with Crippen LogP contribution < -0.4 is 10.6 Å². The van der Waals surface area contributed by atoms with Crippen molar-refractivity contribution in [3.63, 3.8) is 0 Å². The van der Waals surface area contributed by atoms with Crippen LogP contribution in [0.15, 0.2) is 30.3 Å². The van der Waals surface area contributed by atoms with Crippen molar-refractivity contribution < 1.29 is 28.4 Å². The number of carbonyl (C=O) groups excluding carboxylic acids is 3. The van der Waals surface area contributed by atoms with Crippen molar-refractivity contribution in [2.24, 2.45) is 29.1 Å². The van der Waals surface area contributed by atoms with E-state index >= 15 is 0 Å². The lowest BCUT2D eigenvalue weighted by Gasteiger charge is -2.64. The fourth-order valence-corrected chi connectivity index (χ4v) is 9.62. The second kappa shape index (κ2) is 13.4. The fraction of sp³-hybridized carbons (Fsp3) is 0.757. The number of hydrogen-bond donors (Lipinski definition) is 2. The number of rotatable bonds is 11. The quantitative estimate of drug-likeness (QED) is 0.283. The number of likely N-dealkylation sites (tertiary alicyclic amines) is 1. The summed E-state index contributed by atoms with van der Waals surface area (Å²) in [5.41, 5.74) is -0.385. The Kier molecular flexibility index (Phi) is 9.76. The van der Waals surface area contributed by atoms with Gasteiger partial charge in [0.15, 0.2) is 0 Å². The van der Waals surface area contributed by atoms with Crippen molar-refractivity contribution in [2.45, 2.75) is 142 Å². The van der Waals surface area contributed by atoms with Gasteiger partial charge in [-0.15, -0.1) is 0 Å². The molecule has 7 rings (SSSR count). The number of amides is 3. The van der Waals surface area contributed by atoms with Gasteiger partial charge in [0.1, 0.15) is 18.2 Å². The Bertz CT molecular complexity index is 1300. The van der Waals surface area contributed by atoms with Crippen molar-refractivity contribution >= 4 is 25.0 Å². The molecule has 2 unspecified atom stereocenters. The molecule has 1 aromatic carbocycles. The van der Waals surface area contributed by atoms with E-state index in [0.717, 1.165) is 37.7 Å². The molecular formula is C37H56BN3O6. The zero-order valence-corrected chi connectivity index (χ0v) is 29.4. The lowest BCUT2D eigenvalue weighted by atomic mass is 9.43. The molecule has 7 atom stereocenters. The highest BCUT2D eigenvalue weighted by Crippen LogP contribution is 2.65. The summed E-state index contributed by atoms with van der Waals surface area (Å²) in [6, 6.07) is 8.86. The minimum absolute atomic E-state index is 0.0350. The van der Waals surface area contributed by atoms with Crippen LogP contribution in [0.5, 0.6) is 0 Å². The molecule has 2 saturated heterocycles. The van der Waals surface area contributed by atoms with Gasteiger partial charge in [-0.3, -0.25) is 9.59 Å². The first-order chi connectivity index (χ1) is 22.4. The molecule has 4 saturated carbocycles. The summed E-state index contributed by atoms with van der Waals surface area (Å²) in [7, 11) is -0.519. The second-order valence-electron chi connectivity index (χ2n) is 16.2. The van der Waals surface area contributed by atoms with Gasteiger partial charge >= 0.3 is 13.2 Å². The van der Waals surface area contributed by atoms with Gasteiger partial charge in [-0.25, -0.2) is 4.79 Å². The van der Waals surface area contributed by atoms with Crippen LogP contribution in [0.2, 0.25) is 0 Å². The molecule has 4 aliphatic carbocycles.